The molecule has 0 amide bonds. The normalized spacial score (nSPS) is 16.2. The van der Waals surface area contributed by atoms with Crippen molar-refractivity contribution in [2.24, 2.45) is 5.92 Å². The number of halogens is 2. The molecule has 168 valence electrons. The molecule has 0 bridgehead atoms. The van der Waals surface area contributed by atoms with Gasteiger partial charge in [0.15, 0.2) is 0 Å². The first kappa shape index (κ1) is 23.1. The lowest BCUT2D eigenvalue weighted by molar-refractivity contribution is 0.287. The van der Waals surface area contributed by atoms with Crippen molar-refractivity contribution in [3.63, 3.8) is 0 Å². The average Bonchev–Trinajstić information content (AvgIpc) is 3.43. The summed E-state index contributed by atoms with van der Waals surface area (Å²) in [7, 11) is 0. The predicted molar refractivity (Wildman–Crippen MR) is 133 cm³/mol. The molecule has 4 rings (SSSR count). The van der Waals surface area contributed by atoms with E-state index in [4.69, 9.17) is 20.9 Å². The van der Waals surface area contributed by atoms with Crippen LogP contribution in [0.1, 0.15) is 34.6 Å². The van der Waals surface area contributed by atoms with Crippen LogP contribution in [0.4, 0.5) is 0 Å². The summed E-state index contributed by atoms with van der Waals surface area (Å²) < 4.78 is 12.1. The molecular formula is C25H27BrClN3O2. The first-order chi connectivity index (χ1) is 15.5. The molecule has 1 unspecified atom stereocenters. The van der Waals surface area contributed by atoms with Crippen molar-refractivity contribution < 1.29 is 9.26 Å². The van der Waals surface area contributed by atoms with Gasteiger partial charge >= 0.3 is 0 Å². The van der Waals surface area contributed by atoms with Crippen LogP contribution >= 0.6 is 27.5 Å². The summed E-state index contributed by atoms with van der Waals surface area (Å²) >= 11 is 9.64. The third-order valence-electron chi connectivity index (χ3n) is 5.39. The van der Waals surface area contributed by atoms with Crippen LogP contribution in [-0.2, 0) is 13.2 Å². The van der Waals surface area contributed by atoms with E-state index in [0.717, 1.165) is 59.0 Å². The number of hydrogen-bond acceptors (Lipinski definition) is 5. The van der Waals surface area contributed by atoms with Gasteiger partial charge in [-0.2, -0.15) is 0 Å². The Morgan fingerprint density at radius 1 is 1.25 bits per heavy atom. The highest BCUT2D eigenvalue weighted by Crippen LogP contribution is 2.25. The maximum absolute atomic E-state index is 6.06. The fraction of sp³-hybridized carbons (Fsp3) is 0.320. The summed E-state index contributed by atoms with van der Waals surface area (Å²) in [5, 5.41) is 11.7. The molecule has 32 heavy (non-hydrogen) atoms. The van der Waals surface area contributed by atoms with E-state index in [-0.39, 0.29) is 0 Å². The van der Waals surface area contributed by atoms with Crippen molar-refractivity contribution in [2.45, 2.75) is 26.5 Å². The second kappa shape index (κ2) is 11.1. The molecule has 3 aromatic rings. The zero-order valence-corrected chi connectivity index (χ0v) is 20.4. The second-order valence-corrected chi connectivity index (χ2v) is 9.41. The second-order valence-electron chi connectivity index (χ2n) is 8.12. The largest absolute Gasteiger partial charge is 0.487 e. The van der Waals surface area contributed by atoms with E-state index < -0.39 is 0 Å². The standard InChI is InChI=1S/C25H27BrClN3O2/c1-17-8-23(30-32-17)16-31-24-10-18(2-3-21-4-5-22(27)12-25(21)26)9-20(11-24)15-29-14-19-6-7-28-13-19/h2-5,8-12,19,28-29H,6-7,13-16H2,1H3/b3-2+. The number of rotatable bonds is 9. The van der Waals surface area contributed by atoms with E-state index in [1.165, 1.54) is 12.0 Å². The van der Waals surface area contributed by atoms with Crippen LogP contribution in [0.25, 0.3) is 12.2 Å². The quantitative estimate of drug-likeness (QED) is 0.350. The minimum absolute atomic E-state index is 0.369. The molecular weight excluding hydrogens is 490 g/mol. The topological polar surface area (TPSA) is 59.3 Å². The Bertz CT molecular complexity index is 1080. The minimum atomic E-state index is 0.369. The average molecular weight is 517 g/mol. The highest BCUT2D eigenvalue weighted by Gasteiger charge is 2.13. The van der Waals surface area contributed by atoms with Gasteiger partial charge in [-0.25, -0.2) is 0 Å². The Kier molecular flexibility index (Phi) is 8.03. The molecule has 0 radical (unpaired) electrons. The maximum atomic E-state index is 6.06. The molecule has 5 nitrogen and oxygen atoms in total. The Hall–Kier alpha value is -2.12. The van der Waals surface area contributed by atoms with Crippen LogP contribution in [0.15, 0.2) is 51.5 Å². The molecule has 2 heterocycles. The number of benzene rings is 2. The van der Waals surface area contributed by atoms with Gasteiger partial charge in [0.25, 0.3) is 0 Å². The van der Waals surface area contributed by atoms with Crippen molar-refractivity contribution in [2.75, 3.05) is 19.6 Å². The zero-order valence-electron chi connectivity index (χ0n) is 18.0. The van der Waals surface area contributed by atoms with Crippen molar-refractivity contribution in [3.05, 3.63) is 80.1 Å². The van der Waals surface area contributed by atoms with Gasteiger partial charge in [0.2, 0.25) is 0 Å². The highest BCUT2D eigenvalue weighted by molar-refractivity contribution is 9.10. The Labute approximate surface area is 202 Å². The molecule has 1 fully saturated rings. The number of hydrogen-bond donors (Lipinski definition) is 2. The van der Waals surface area contributed by atoms with Crippen LogP contribution in [0, 0.1) is 12.8 Å². The Morgan fingerprint density at radius 2 is 2.16 bits per heavy atom. The van der Waals surface area contributed by atoms with E-state index in [9.17, 15) is 0 Å². The number of aryl methyl sites for hydroxylation is 1. The van der Waals surface area contributed by atoms with Gasteiger partial charge in [0, 0.05) is 22.1 Å². The molecule has 1 aliphatic heterocycles. The van der Waals surface area contributed by atoms with Crippen LogP contribution in [0.5, 0.6) is 5.75 Å². The zero-order chi connectivity index (χ0) is 22.3. The molecule has 0 spiro atoms. The van der Waals surface area contributed by atoms with Crippen LogP contribution in [0.3, 0.4) is 0 Å². The SMILES string of the molecule is Cc1cc(COc2cc(/C=C/c3ccc(Cl)cc3Br)cc(CNCC3CCNC3)c2)no1. The van der Waals surface area contributed by atoms with E-state index in [1.807, 2.05) is 37.3 Å². The van der Waals surface area contributed by atoms with E-state index in [1.54, 1.807) is 0 Å². The fourth-order valence-electron chi connectivity index (χ4n) is 3.74. The van der Waals surface area contributed by atoms with Gasteiger partial charge in [-0.1, -0.05) is 57.0 Å². The lowest BCUT2D eigenvalue weighted by Crippen LogP contribution is -2.24. The smallest absolute Gasteiger partial charge is 0.134 e. The van der Waals surface area contributed by atoms with E-state index in [0.29, 0.717) is 17.5 Å². The van der Waals surface area contributed by atoms with Gasteiger partial charge in [-0.05, 0) is 79.9 Å². The third kappa shape index (κ3) is 6.69. The molecule has 1 saturated heterocycles. The van der Waals surface area contributed by atoms with Crippen molar-refractivity contribution in [3.8, 4) is 5.75 Å². The van der Waals surface area contributed by atoms with Crippen molar-refractivity contribution in [1.82, 2.24) is 15.8 Å². The maximum Gasteiger partial charge on any atom is 0.134 e. The van der Waals surface area contributed by atoms with Crippen molar-refractivity contribution >= 4 is 39.7 Å². The van der Waals surface area contributed by atoms with Gasteiger partial charge in [-0.3, -0.25) is 0 Å². The predicted octanol–water partition coefficient (Wildman–Crippen LogP) is 5.85. The number of ether oxygens (including phenoxy) is 1. The van der Waals surface area contributed by atoms with Gasteiger partial charge in [0.05, 0.1) is 0 Å². The summed E-state index contributed by atoms with van der Waals surface area (Å²) in [5.74, 6) is 2.29. The Balaban J connectivity index is 1.49. The Morgan fingerprint density at radius 3 is 2.91 bits per heavy atom. The molecule has 2 N–H and O–H groups in total. The summed E-state index contributed by atoms with van der Waals surface area (Å²) in [6.45, 7) is 6.26. The lowest BCUT2D eigenvalue weighted by atomic mass is 10.1. The minimum Gasteiger partial charge on any atom is -0.487 e. The molecule has 0 aliphatic carbocycles. The molecule has 0 saturated carbocycles. The van der Waals surface area contributed by atoms with Crippen LogP contribution < -0.4 is 15.4 Å². The number of nitrogens with one attached hydrogen (secondary N) is 2. The number of aromatic nitrogens is 1. The third-order valence-corrected chi connectivity index (χ3v) is 6.32. The highest BCUT2D eigenvalue weighted by atomic mass is 79.9. The summed E-state index contributed by atoms with van der Waals surface area (Å²) in [6.07, 6.45) is 5.39. The van der Waals surface area contributed by atoms with Gasteiger partial charge in [0.1, 0.15) is 23.8 Å². The summed E-state index contributed by atoms with van der Waals surface area (Å²) in [6, 6.07) is 14.0. The molecule has 2 aromatic carbocycles. The van der Waals surface area contributed by atoms with Gasteiger partial charge < -0.3 is 19.9 Å². The van der Waals surface area contributed by atoms with Crippen LogP contribution in [0.2, 0.25) is 5.02 Å². The molecule has 1 aromatic heterocycles. The van der Waals surface area contributed by atoms with E-state index in [2.05, 4.69) is 56.0 Å². The first-order valence-corrected chi connectivity index (χ1v) is 12.0. The van der Waals surface area contributed by atoms with Crippen molar-refractivity contribution in [1.29, 1.82) is 0 Å². The molecule has 1 aliphatic rings. The fourth-order valence-corrected chi connectivity index (χ4v) is 4.56. The molecule has 7 heteroatoms. The first-order valence-electron chi connectivity index (χ1n) is 10.8. The lowest BCUT2D eigenvalue weighted by Gasteiger charge is -2.12. The van der Waals surface area contributed by atoms with Crippen LogP contribution in [-0.4, -0.2) is 24.8 Å². The summed E-state index contributed by atoms with van der Waals surface area (Å²) in [5.41, 5.74) is 4.09. The van der Waals surface area contributed by atoms with Gasteiger partial charge in [-0.15, -0.1) is 0 Å². The monoisotopic (exact) mass is 515 g/mol. The summed E-state index contributed by atoms with van der Waals surface area (Å²) in [4.78, 5) is 0. The number of nitrogens with zero attached hydrogens (tertiary/aromatic N) is 1. The molecule has 1 atom stereocenters. The van der Waals surface area contributed by atoms with E-state index >= 15 is 0 Å².